The van der Waals surface area contributed by atoms with E-state index in [0.717, 1.165) is 30.9 Å². The number of nitrogens with one attached hydrogen (secondary N) is 1. The van der Waals surface area contributed by atoms with Gasteiger partial charge < -0.3 is 10.1 Å². The summed E-state index contributed by atoms with van der Waals surface area (Å²) < 4.78 is 5.39. The van der Waals surface area contributed by atoms with Gasteiger partial charge in [0, 0.05) is 29.8 Å². The van der Waals surface area contributed by atoms with Gasteiger partial charge >= 0.3 is 0 Å². The Kier molecular flexibility index (Phi) is 3.48. The number of rotatable bonds is 3. The predicted molar refractivity (Wildman–Crippen MR) is 66.4 cm³/mol. The van der Waals surface area contributed by atoms with Crippen molar-refractivity contribution in [3.8, 4) is 12.3 Å². The Balaban J connectivity index is 2.00. The van der Waals surface area contributed by atoms with E-state index in [0.29, 0.717) is 12.0 Å². The lowest BCUT2D eigenvalue weighted by molar-refractivity contribution is 0.183. The molecule has 1 aromatic rings. The second-order valence-corrected chi connectivity index (χ2v) is 4.28. The molecule has 0 saturated carbocycles. The maximum atomic E-state index is 5.39. The van der Waals surface area contributed by atoms with Gasteiger partial charge in [0.2, 0.25) is 0 Å². The number of ether oxygens (including phenoxy) is 1. The minimum Gasteiger partial charge on any atom is -0.382 e. The lowest BCUT2D eigenvalue weighted by atomic mass is 10.0. The Hall–Kier alpha value is -1.46. The summed E-state index contributed by atoms with van der Waals surface area (Å²) in [5.74, 6) is 3.25. The highest BCUT2D eigenvalue weighted by molar-refractivity contribution is 5.50. The van der Waals surface area contributed by atoms with Crippen molar-refractivity contribution in [2.75, 3.05) is 18.5 Å². The summed E-state index contributed by atoms with van der Waals surface area (Å²) in [6.45, 7) is 3.95. The Labute approximate surface area is 97.0 Å². The Morgan fingerprint density at radius 2 is 2.44 bits per heavy atom. The molecular weight excluding hydrogens is 198 g/mol. The highest BCUT2D eigenvalue weighted by Gasteiger charge is 2.21. The molecule has 1 aliphatic rings. The molecule has 0 bridgehead atoms. The summed E-state index contributed by atoms with van der Waals surface area (Å²) in [7, 11) is 0. The van der Waals surface area contributed by atoms with Crippen LogP contribution in [-0.2, 0) is 4.74 Å². The average molecular weight is 215 g/mol. The van der Waals surface area contributed by atoms with E-state index in [2.05, 4.69) is 18.2 Å². The maximum Gasteiger partial charge on any atom is 0.0514 e. The van der Waals surface area contributed by atoms with Gasteiger partial charge in [0.25, 0.3) is 0 Å². The van der Waals surface area contributed by atoms with Gasteiger partial charge in [0.15, 0.2) is 0 Å². The van der Waals surface area contributed by atoms with Gasteiger partial charge in [-0.1, -0.05) is 12.0 Å². The first kappa shape index (κ1) is 11.0. The Morgan fingerprint density at radius 3 is 3.12 bits per heavy atom. The fourth-order valence-corrected chi connectivity index (χ4v) is 2.03. The van der Waals surface area contributed by atoms with Gasteiger partial charge in [-0.15, -0.1) is 6.42 Å². The molecule has 16 heavy (non-hydrogen) atoms. The normalized spacial score (nSPS) is 21.4. The van der Waals surface area contributed by atoms with Crippen molar-refractivity contribution in [2.24, 2.45) is 5.92 Å². The van der Waals surface area contributed by atoms with Crippen LogP contribution in [0.2, 0.25) is 0 Å². The number of hydrogen-bond donors (Lipinski definition) is 1. The third-order valence-corrected chi connectivity index (χ3v) is 3.10. The molecule has 1 aromatic carbocycles. The molecule has 2 heteroatoms. The highest BCUT2D eigenvalue weighted by atomic mass is 16.5. The third kappa shape index (κ3) is 2.56. The van der Waals surface area contributed by atoms with Gasteiger partial charge in [-0.3, -0.25) is 0 Å². The number of hydrogen-bond acceptors (Lipinski definition) is 2. The van der Waals surface area contributed by atoms with Crippen LogP contribution in [0.15, 0.2) is 24.3 Å². The quantitative estimate of drug-likeness (QED) is 0.782. The standard InChI is InChI=1S/C14H17NO/c1-3-12-5-4-6-14(9-12)15-11(2)13-7-8-16-10-13/h1,4-6,9,11,13,15H,7-8,10H2,2H3. The average Bonchev–Trinajstić information content (AvgIpc) is 2.83. The van der Waals surface area contributed by atoms with Crippen LogP contribution in [-0.4, -0.2) is 19.3 Å². The molecule has 1 heterocycles. The SMILES string of the molecule is C#Cc1cccc(NC(C)C2CCOC2)c1. The summed E-state index contributed by atoms with van der Waals surface area (Å²) in [6.07, 6.45) is 6.52. The van der Waals surface area contributed by atoms with E-state index in [1.54, 1.807) is 0 Å². The minimum absolute atomic E-state index is 0.426. The molecule has 2 unspecified atom stereocenters. The van der Waals surface area contributed by atoms with E-state index in [-0.39, 0.29) is 0 Å². The predicted octanol–water partition coefficient (Wildman–Crippen LogP) is 2.50. The van der Waals surface area contributed by atoms with Crippen molar-refractivity contribution in [1.82, 2.24) is 0 Å². The Bertz CT molecular complexity index is 388. The monoisotopic (exact) mass is 215 g/mol. The summed E-state index contributed by atoms with van der Waals surface area (Å²) >= 11 is 0. The zero-order valence-electron chi connectivity index (χ0n) is 9.57. The summed E-state index contributed by atoms with van der Waals surface area (Å²) in [5.41, 5.74) is 2.01. The fraction of sp³-hybridized carbons (Fsp3) is 0.429. The molecular formula is C14H17NO. The van der Waals surface area contributed by atoms with Crippen LogP contribution in [0.25, 0.3) is 0 Å². The van der Waals surface area contributed by atoms with Crippen LogP contribution in [0.4, 0.5) is 5.69 Å². The van der Waals surface area contributed by atoms with E-state index in [4.69, 9.17) is 11.2 Å². The topological polar surface area (TPSA) is 21.3 Å². The molecule has 1 N–H and O–H groups in total. The van der Waals surface area contributed by atoms with Crippen molar-refractivity contribution < 1.29 is 4.74 Å². The van der Waals surface area contributed by atoms with Gasteiger partial charge in [0.05, 0.1) is 6.61 Å². The molecule has 0 aromatic heterocycles. The van der Waals surface area contributed by atoms with E-state index in [1.807, 2.05) is 24.3 Å². The molecule has 2 atom stereocenters. The highest BCUT2D eigenvalue weighted by Crippen LogP contribution is 2.20. The zero-order chi connectivity index (χ0) is 11.4. The molecule has 0 spiro atoms. The lowest BCUT2D eigenvalue weighted by Crippen LogP contribution is -2.26. The van der Waals surface area contributed by atoms with Crippen molar-refractivity contribution in [3.05, 3.63) is 29.8 Å². The second kappa shape index (κ2) is 5.05. The first-order chi connectivity index (χ1) is 7.79. The van der Waals surface area contributed by atoms with E-state index in [9.17, 15) is 0 Å². The first-order valence-electron chi connectivity index (χ1n) is 5.70. The van der Waals surface area contributed by atoms with E-state index >= 15 is 0 Å². The molecule has 84 valence electrons. The molecule has 1 aliphatic heterocycles. The molecule has 1 saturated heterocycles. The molecule has 0 amide bonds. The van der Waals surface area contributed by atoms with E-state index < -0.39 is 0 Å². The minimum atomic E-state index is 0.426. The van der Waals surface area contributed by atoms with Crippen LogP contribution in [0.3, 0.4) is 0 Å². The zero-order valence-corrected chi connectivity index (χ0v) is 9.57. The van der Waals surface area contributed by atoms with Gasteiger partial charge in [-0.25, -0.2) is 0 Å². The second-order valence-electron chi connectivity index (χ2n) is 4.28. The van der Waals surface area contributed by atoms with Gasteiger partial charge in [-0.05, 0) is 31.5 Å². The van der Waals surface area contributed by atoms with Crippen LogP contribution in [0, 0.1) is 18.3 Å². The number of anilines is 1. The molecule has 2 nitrogen and oxygen atoms in total. The van der Waals surface area contributed by atoms with Crippen molar-refractivity contribution in [2.45, 2.75) is 19.4 Å². The van der Waals surface area contributed by atoms with Gasteiger partial charge in [-0.2, -0.15) is 0 Å². The maximum absolute atomic E-state index is 5.39. The van der Waals surface area contributed by atoms with Crippen LogP contribution in [0.1, 0.15) is 18.9 Å². The summed E-state index contributed by atoms with van der Waals surface area (Å²) in [4.78, 5) is 0. The van der Waals surface area contributed by atoms with Crippen molar-refractivity contribution >= 4 is 5.69 Å². The van der Waals surface area contributed by atoms with E-state index in [1.165, 1.54) is 0 Å². The smallest absolute Gasteiger partial charge is 0.0514 e. The van der Waals surface area contributed by atoms with Crippen molar-refractivity contribution in [3.63, 3.8) is 0 Å². The third-order valence-electron chi connectivity index (χ3n) is 3.10. The summed E-state index contributed by atoms with van der Waals surface area (Å²) in [5, 5.41) is 3.48. The summed E-state index contributed by atoms with van der Waals surface area (Å²) in [6, 6.07) is 8.40. The van der Waals surface area contributed by atoms with Gasteiger partial charge in [0.1, 0.15) is 0 Å². The van der Waals surface area contributed by atoms with Crippen LogP contribution >= 0.6 is 0 Å². The lowest BCUT2D eigenvalue weighted by Gasteiger charge is -2.20. The van der Waals surface area contributed by atoms with Crippen LogP contribution < -0.4 is 5.32 Å². The molecule has 2 rings (SSSR count). The number of benzene rings is 1. The fourth-order valence-electron chi connectivity index (χ4n) is 2.03. The largest absolute Gasteiger partial charge is 0.382 e. The van der Waals surface area contributed by atoms with Crippen LogP contribution in [0.5, 0.6) is 0 Å². The Morgan fingerprint density at radius 1 is 1.56 bits per heavy atom. The number of terminal acetylenes is 1. The first-order valence-corrected chi connectivity index (χ1v) is 5.70. The van der Waals surface area contributed by atoms with Crippen molar-refractivity contribution in [1.29, 1.82) is 0 Å². The molecule has 0 radical (unpaired) electrons. The molecule has 1 fully saturated rings. The molecule has 0 aliphatic carbocycles.